The van der Waals surface area contributed by atoms with Gasteiger partial charge in [0.25, 0.3) is 0 Å². The molecule has 9 aromatic carbocycles. The van der Waals surface area contributed by atoms with Crippen LogP contribution in [0.1, 0.15) is 0 Å². The summed E-state index contributed by atoms with van der Waals surface area (Å²) in [6, 6.07) is 78.1. The van der Waals surface area contributed by atoms with Crippen molar-refractivity contribution in [1.29, 1.82) is 0 Å². The predicted octanol–water partition coefficient (Wildman–Crippen LogP) is 15.2. The van der Waals surface area contributed by atoms with Crippen LogP contribution in [0.2, 0.25) is 0 Å². The van der Waals surface area contributed by atoms with Crippen LogP contribution < -0.4 is 4.90 Å². The fourth-order valence-electron chi connectivity index (χ4n) is 8.56. The lowest BCUT2D eigenvalue weighted by Crippen LogP contribution is -2.12. The fraction of sp³-hybridized carbons (Fsp3) is 0. The maximum absolute atomic E-state index is 6.81. The molecule has 268 valence electrons. The first kappa shape index (κ1) is 32.8. The molecule has 0 N–H and O–H groups in total. The Kier molecular flexibility index (Phi) is 7.82. The van der Waals surface area contributed by atoms with Gasteiger partial charge in [-0.25, -0.2) is 0 Å². The van der Waals surface area contributed by atoms with E-state index in [-0.39, 0.29) is 0 Å². The molecule has 0 saturated carbocycles. The van der Waals surface area contributed by atoms with Gasteiger partial charge in [0.2, 0.25) is 0 Å². The van der Waals surface area contributed by atoms with Gasteiger partial charge in [-0.2, -0.15) is 0 Å². The van der Waals surface area contributed by atoms with E-state index >= 15 is 0 Å². The van der Waals surface area contributed by atoms with E-state index in [1.807, 2.05) is 0 Å². The third-order valence-electron chi connectivity index (χ3n) is 11.1. The van der Waals surface area contributed by atoms with Gasteiger partial charge in [0.05, 0.1) is 16.7 Å². The van der Waals surface area contributed by atoms with Crippen LogP contribution in [0, 0.1) is 0 Å². The number of para-hydroxylation sites is 3. The minimum absolute atomic E-state index is 0.850. The lowest BCUT2D eigenvalue weighted by atomic mass is 9.96. The van der Waals surface area contributed by atoms with Crippen LogP contribution in [0.4, 0.5) is 17.1 Å². The first-order valence-electron chi connectivity index (χ1n) is 19.4. The average Bonchev–Trinajstić information content (AvgIpc) is 3.84. The SMILES string of the molecule is c1ccc(-c2ccc(N(c3cc(-c4ccccc4)cc(-c4ccccc4)c3)c3cc4oc5ccccc5c4c4c5ccccc5n(-c5ccccc5)c34)cc2)cc1. The zero-order chi connectivity index (χ0) is 37.7. The Hall–Kier alpha value is -7.62. The topological polar surface area (TPSA) is 21.3 Å². The number of furan rings is 1. The van der Waals surface area contributed by atoms with E-state index in [1.54, 1.807) is 0 Å². The highest BCUT2D eigenvalue weighted by atomic mass is 16.3. The average molecular weight is 729 g/mol. The second-order valence-corrected chi connectivity index (χ2v) is 14.5. The predicted molar refractivity (Wildman–Crippen MR) is 239 cm³/mol. The Morgan fingerprint density at radius 2 is 0.860 bits per heavy atom. The first-order chi connectivity index (χ1) is 28.3. The largest absolute Gasteiger partial charge is 0.456 e. The number of benzene rings is 9. The van der Waals surface area contributed by atoms with Gasteiger partial charge in [-0.05, 0) is 88.0 Å². The summed E-state index contributed by atoms with van der Waals surface area (Å²) < 4.78 is 9.25. The van der Waals surface area contributed by atoms with Crippen molar-refractivity contribution in [2.75, 3.05) is 4.90 Å². The smallest absolute Gasteiger partial charge is 0.138 e. The maximum Gasteiger partial charge on any atom is 0.138 e. The van der Waals surface area contributed by atoms with E-state index < -0.39 is 0 Å². The second kappa shape index (κ2) is 13.6. The summed E-state index contributed by atoms with van der Waals surface area (Å²) in [5.74, 6) is 0. The maximum atomic E-state index is 6.81. The van der Waals surface area contributed by atoms with Gasteiger partial charge in [0.15, 0.2) is 0 Å². The van der Waals surface area contributed by atoms with Crippen molar-refractivity contribution >= 4 is 60.8 Å². The Morgan fingerprint density at radius 1 is 0.351 bits per heavy atom. The highest BCUT2D eigenvalue weighted by Crippen LogP contribution is 2.50. The second-order valence-electron chi connectivity index (χ2n) is 14.5. The molecule has 0 aliphatic heterocycles. The van der Waals surface area contributed by atoms with Crippen LogP contribution in [-0.4, -0.2) is 4.57 Å². The molecule has 0 spiro atoms. The van der Waals surface area contributed by atoms with Crippen LogP contribution in [0.3, 0.4) is 0 Å². The molecule has 2 heterocycles. The van der Waals surface area contributed by atoms with Crippen LogP contribution in [0.25, 0.3) is 82.8 Å². The minimum Gasteiger partial charge on any atom is -0.456 e. The molecule has 0 aliphatic carbocycles. The number of aromatic nitrogens is 1. The van der Waals surface area contributed by atoms with Crippen molar-refractivity contribution in [2.24, 2.45) is 0 Å². The van der Waals surface area contributed by atoms with E-state index in [0.717, 1.165) is 78.0 Å². The van der Waals surface area contributed by atoms with Gasteiger partial charge in [-0.3, -0.25) is 0 Å². The number of hydrogen-bond donors (Lipinski definition) is 0. The van der Waals surface area contributed by atoms with Gasteiger partial charge < -0.3 is 13.9 Å². The monoisotopic (exact) mass is 728 g/mol. The minimum atomic E-state index is 0.850. The summed E-state index contributed by atoms with van der Waals surface area (Å²) in [4.78, 5) is 2.43. The van der Waals surface area contributed by atoms with E-state index in [0.29, 0.717) is 0 Å². The summed E-state index contributed by atoms with van der Waals surface area (Å²) in [6.07, 6.45) is 0. The molecule has 0 atom stereocenters. The summed E-state index contributed by atoms with van der Waals surface area (Å²) in [7, 11) is 0. The fourth-order valence-corrected chi connectivity index (χ4v) is 8.56. The van der Waals surface area contributed by atoms with Crippen molar-refractivity contribution in [3.05, 3.63) is 218 Å². The number of nitrogens with zero attached hydrogens (tertiary/aromatic N) is 2. The third kappa shape index (κ3) is 5.60. The Balaban J connectivity index is 1.29. The molecular formula is C54H36N2O. The van der Waals surface area contributed by atoms with Crippen molar-refractivity contribution in [2.45, 2.75) is 0 Å². The molecule has 57 heavy (non-hydrogen) atoms. The number of anilines is 3. The molecule has 3 nitrogen and oxygen atoms in total. The van der Waals surface area contributed by atoms with E-state index in [1.165, 1.54) is 21.9 Å². The van der Waals surface area contributed by atoms with Gasteiger partial charge in [0.1, 0.15) is 11.2 Å². The Morgan fingerprint density at radius 3 is 1.49 bits per heavy atom. The molecule has 0 aliphatic rings. The zero-order valence-electron chi connectivity index (χ0n) is 31.1. The summed E-state index contributed by atoms with van der Waals surface area (Å²) >= 11 is 0. The van der Waals surface area contributed by atoms with Crippen LogP contribution in [0.15, 0.2) is 223 Å². The molecule has 3 heteroatoms. The number of fused-ring (bicyclic) bond motifs is 7. The lowest BCUT2D eigenvalue weighted by molar-refractivity contribution is 0.669. The molecule has 0 amide bonds. The molecule has 0 unspecified atom stereocenters. The molecule has 0 radical (unpaired) electrons. The molecular weight excluding hydrogens is 693 g/mol. The van der Waals surface area contributed by atoms with E-state index in [9.17, 15) is 0 Å². The quantitative estimate of drug-likeness (QED) is 0.163. The van der Waals surface area contributed by atoms with Gasteiger partial charge in [-0.1, -0.05) is 158 Å². The summed E-state index contributed by atoms with van der Waals surface area (Å²) in [5, 5.41) is 4.58. The van der Waals surface area contributed by atoms with Crippen LogP contribution in [-0.2, 0) is 0 Å². The summed E-state index contributed by atoms with van der Waals surface area (Å²) in [5.41, 5.74) is 15.1. The van der Waals surface area contributed by atoms with E-state index in [4.69, 9.17) is 4.42 Å². The third-order valence-corrected chi connectivity index (χ3v) is 11.1. The van der Waals surface area contributed by atoms with Crippen LogP contribution in [0.5, 0.6) is 0 Å². The molecule has 2 aromatic heterocycles. The number of rotatable bonds is 7. The number of hydrogen-bond acceptors (Lipinski definition) is 2. The highest BCUT2D eigenvalue weighted by Gasteiger charge is 2.27. The standard InChI is InChI=1S/C54H36N2O/c1-5-17-37(18-6-1)40-29-31-44(32-30-40)55(45-34-41(38-19-7-2-8-20-38)33-42(35-45)39-21-9-3-10-22-39)49-36-51-52(47-26-14-16-28-50(47)57-51)53-46-25-13-15-27-48(46)56(54(49)53)43-23-11-4-12-24-43/h1-36H. The van der Waals surface area contributed by atoms with Gasteiger partial charge >= 0.3 is 0 Å². The summed E-state index contributed by atoms with van der Waals surface area (Å²) in [6.45, 7) is 0. The van der Waals surface area contributed by atoms with Gasteiger partial charge in [0, 0.05) is 44.7 Å². The highest BCUT2D eigenvalue weighted by molar-refractivity contribution is 6.30. The van der Waals surface area contributed by atoms with Crippen molar-refractivity contribution in [1.82, 2.24) is 4.57 Å². The lowest BCUT2D eigenvalue weighted by Gasteiger charge is -2.28. The van der Waals surface area contributed by atoms with E-state index in [2.05, 4.69) is 228 Å². The molecule has 11 rings (SSSR count). The van der Waals surface area contributed by atoms with Crippen molar-refractivity contribution < 1.29 is 4.42 Å². The Labute approximate surface area is 330 Å². The molecule has 0 saturated heterocycles. The molecule has 0 fully saturated rings. The van der Waals surface area contributed by atoms with Gasteiger partial charge in [-0.15, -0.1) is 0 Å². The molecule has 0 bridgehead atoms. The molecule has 11 aromatic rings. The van der Waals surface area contributed by atoms with Crippen LogP contribution >= 0.6 is 0 Å². The zero-order valence-corrected chi connectivity index (χ0v) is 31.1. The normalized spacial score (nSPS) is 11.5. The Bertz CT molecular complexity index is 3140. The van der Waals surface area contributed by atoms with Crippen molar-refractivity contribution in [3.8, 4) is 39.1 Å². The van der Waals surface area contributed by atoms with Crippen molar-refractivity contribution in [3.63, 3.8) is 0 Å². The first-order valence-corrected chi connectivity index (χ1v) is 19.4.